The number of hydrogen-bond donors (Lipinski definition) is 3. The highest BCUT2D eigenvalue weighted by Gasteiger charge is 2.20. The molecule has 34 heavy (non-hydrogen) atoms. The van der Waals surface area contributed by atoms with E-state index in [0.29, 0.717) is 28.3 Å². The summed E-state index contributed by atoms with van der Waals surface area (Å²) in [7, 11) is -0.691. The smallest absolute Gasteiger partial charge is 0.352 e. The maximum absolute atomic E-state index is 12.2. The van der Waals surface area contributed by atoms with Crippen molar-refractivity contribution < 1.29 is 17.9 Å². The molecule has 0 fully saturated rings. The van der Waals surface area contributed by atoms with E-state index in [9.17, 15) is 13.2 Å². The molecule has 2 amide bonds. The summed E-state index contributed by atoms with van der Waals surface area (Å²) in [5.41, 5.74) is 10.5. The van der Waals surface area contributed by atoms with Crippen LogP contribution in [-0.2, 0) is 16.4 Å². The number of nitrogens with zero attached hydrogens (tertiary/aromatic N) is 3. The molecule has 0 aromatic heterocycles. The molecule has 6 N–H and O–H groups in total. The van der Waals surface area contributed by atoms with Crippen LogP contribution in [0.3, 0.4) is 0 Å². The van der Waals surface area contributed by atoms with Crippen LogP contribution in [0, 0.1) is 13.8 Å². The van der Waals surface area contributed by atoms with Crippen molar-refractivity contribution in [3.05, 3.63) is 64.2 Å². The van der Waals surface area contributed by atoms with Gasteiger partial charge in [-0.05, 0) is 61.7 Å². The van der Waals surface area contributed by atoms with Gasteiger partial charge in [-0.2, -0.15) is 0 Å². The largest absolute Gasteiger partial charge is 0.489 e. The lowest BCUT2D eigenvalue weighted by Crippen LogP contribution is -2.49. The summed E-state index contributed by atoms with van der Waals surface area (Å²) in [6, 6.07) is 10.1. The lowest BCUT2D eigenvalue weighted by Gasteiger charge is -2.24. The first-order valence-corrected chi connectivity index (χ1v) is 12.2. The van der Waals surface area contributed by atoms with Gasteiger partial charge in [0.2, 0.25) is 0 Å². The van der Waals surface area contributed by atoms with Crippen molar-refractivity contribution in [3.63, 3.8) is 0 Å². The van der Waals surface area contributed by atoms with Crippen LogP contribution in [0.5, 0.6) is 5.75 Å². The van der Waals surface area contributed by atoms with Crippen molar-refractivity contribution in [2.45, 2.75) is 27.4 Å². The van der Waals surface area contributed by atoms with Crippen molar-refractivity contribution in [2.75, 3.05) is 25.4 Å². The molecule has 0 spiro atoms. The van der Waals surface area contributed by atoms with E-state index in [1.54, 1.807) is 31.2 Å². The van der Waals surface area contributed by atoms with Crippen LogP contribution in [0.25, 0.3) is 5.70 Å². The summed E-state index contributed by atoms with van der Waals surface area (Å²) in [4.78, 5) is 16.1. The van der Waals surface area contributed by atoms with Crippen LogP contribution in [-0.4, -0.2) is 44.9 Å². The van der Waals surface area contributed by atoms with Gasteiger partial charge >= 0.3 is 6.03 Å². The minimum absolute atomic E-state index is 0.0564. The SMILES string of the molecule is CN=C(C(C)=C(N)c1ccc(OCc2c(C)cccc2N(N)C(=O)N(C)N)c(C)c1)S(C)(=O)=O. The van der Waals surface area contributed by atoms with Crippen LogP contribution in [0.4, 0.5) is 10.5 Å². The van der Waals surface area contributed by atoms with E-state index in [2.05, 4.69) is 4.99 Å². The summed E-state index contributed by atoms with van der Waals surface area (Å²) < 4.78 is 30.0. The van der Waals surface area contributed by atoms with Gasteiger partial charge in [-0.1, -0.05) is 12.1 Å². The van der Waals surface area contributed by atoms with Crippen molar-refractivity contribution in [1.82, 2.24) is 5.01 Å². The van der Waals surface area contributed by atoms with E-state index in [-0.39, 0.29) is 11.7 Å². The lowest BCUT2D eigenvalue weighted by molar-refractivity contribution is 0.216. The monoisotopic (exact) mass is 488 g/mol. The Hall–Kier alpha value is -3.41. The second kappa shape index (κ2) is 10.7. The molecule has 0 bridgehead atoms. The van der Waals surface area contributed by atoms with Crippen molar-refractivity contribution in [1.29, 1.82) is 0 Å². The van der Waals surface area contributed by atoms with E-state index >= 15 is 0 Å². The normalized spacial score (nSPS) is 12.8. The zero-order chi connectivity index (χ0) is 25.8. The quantitative estimate of drug-likeness (QED) is 0.185. The predicted molar refractivity (Wildman–Crippen MR) is 136 cm³/mol. The predicted octanol–water partition coefficient (Wildman–Crippen LogP) is 2.25. The van der Waals surface area contributed by atoms with E-state index < -0.39 is 15.9 Å². The number of hydrazine groups is 2. The van der Waals surface area contributed by atoms with Crippen LogP contribution < -0.4 is 27.2 Å². The zero-order valence-electron chi connectivity index (χ0n) is 20.3. The van der Waals surface area contributed by atoms with Gasteiger partial charge in [0.15, 0.2) is 14.9 Å². The third kappa shape index (κ3) is 5.93. The Labute approximate surface area is 200 Å². The van der Waals surface area contributed by atoms with Crippen LogP contribution in [0.15, 0.2) is 47.0 Å². The fraction of sp³-hybridized carbons (Fsp3) is 0.304. The Morgan fingerprint density at radius 2 is 1.76 bits per heavy atom. The summed E-state index contributed by atoms with van der Waals surface area (Å²) >= 11 is 0. The molecule has 0 saturated heterocycles. The maximum atomic E-state index is 12.2. The molecule has 184 valence electrons. The van der Waals surface area contributed by atoms with Gasteiger partial charge in [-0.15, -0.1) is 0 Å². The highest BCUT2D eigenvalue weighted by molar-refractivity contribution is 8.06. The summed E-state index contributed by atoms with van der Waals surface area (Å²) in [5, 5.41) is 1.82. The highest BCUT2D eigenvalue weighted by Crippen LogP contribution is 2.28. The van der Waals surface area contributed by atoms with Crippen molar-refractivity contribution in [3.8, 4) is 5.75 Å². The maximum Gasteiger partial charge on any atom is 0.352 e. The fourth-order valence-electron chi connectivity index (χ4n) is 3.45. The number of anilines is 1. The molecule has 0 unspecified atom stereocenters. The number of carbonyl (C=O) groups is 1. The number of aliphatic imine (C=N–C) groups is 1. The second-order valence-corrected chi connectivity index (χ2v) is 9.88. The van der Waals surface area contributed by atoms with Gasteiger partial charge in [0.05, 0.1) is 5.69 Å². The van der Waals surface area contributed by atoms with Crippen LogP contribution in [0.1, 0.15) is 29.2 Å². The molecule has 0 aliphatic rings. The van der Waals surface area contributed by atoms with E-state index in [4.69, 9.17) is 22.2 Å². The first-order valence-electron chi connectivity index (χ1n) is 10.3. The average molecular weight is 489 g/mol. The van der Waals surface area contributed by atoms with Gasteiger partial charge in [0, 0.05) is 37.2 Å². The minimum atomic E-state index is -3.51. The zero-order valence-corrected chi connectivity index (χ0v) is 21.1. The molecule has 0 atom stereocenters. The molecule has 2 rings (SSSR count). The van der Waals surface area contributed by atoms with Crippen LogP contribution in [0.2, 0.25) is 0 Å². The number of aryl methyl sites for hydroxylation is 2. The standard InChI is InChI=1S/C23H32N6O4S/c1-14-8-7-9-19(29(26)23(30)28(5)25)18(14)13-33-20-11-10-17(12-15(20)2)21(24)16(3)22(27-4)34(6,31)32/h7-12H,13,24-26H2,1-6H3. The van der Waals surface area contributed by atoms with E-state index in [1.165, 1.54) is 14.1 Å². The number of sulfone groups is 1. The van der Waals surface area contributed by atoms with E-state index in [0.717, 1.165) is 33.0 Å². The molecular weight excluding hydrogens is 456 g/mol. The number of amides is 2. The fourth-order valence-corrected chi connectivity index (χ4v) is 4.44. The third-order valence-electron chi connectivity index (χ3n) is 5.29. The number of benzene rings is 2. The summed E-state index contributed by atoms with van der Waals surface area (Å²) in [6.45, 7) is 5.53. The topological polar surface area (TPSA) is 157 Å². The number of nitrogens with two attached hydrogens (primary N) is 3. The van der Waals surface area contributed by atoms with Crippen molar-refractivity contribution in [2.24, 2.45) is 22.4 Å². The Balaban J connectivity index is 2.34. The number of ether oxygens (including phenoxy) is 1. The minimum Gasteiger partial charge on any atom is -0.489 e. The molecule has 10 nitrogen and oxygen atoms in total. The molecule has 2 aromatic carbocycles. The number of rotatable bonds is 6. The van der Waals surface area contributed by atoms with Gasteiger partial charge in [-0.25, -0.2) is 29.9 Å². The molecule has 0 saturated carbocycles. The lowest BCUT2D eigenvalue weighted by atomic mass is 10.0. The van der Waals surface area contributed by atoms with Crippen molar-refractivity contribution >= 4 is 32.3 Å². The molecule has 0 heterocycles. The molecule has 11 heteroatoms. The Kier molecular flexibility index (Phi) is 8.43. The van der Waals surface area contributed by atoms with Gasteiger partial charge in [-0.3, -0.25) is 10.0 Å². The van der Waals surface area contributed by atoms with Gasteiger partial charge in [0.1, 0.15) is 12.4 Å². The molecular formula is C23H32N6O4S. The molecule has 2 aromatic rings. The Bertz CT molecular complexity index is 1250. The second-order valence-electron chi connectivity index (χ2n) is 7.94. The highest BCUT2D eigenvalue weighted by atomic mass is 32.2. The Morgan fingerprint density at radius 3 is 2.29 bits per heavy atom. The first kappa shape index (κ1) is 26.8. The molecule has 0 radical (unpaired) electrons. The van der Waals surface area contributed by atoms with Crippen LogP contribution >= 0.6 is 0 Å². The molecule has 0 aliphatic heterocycles. The van der Waals surface area contributed by atoms with Gasteiger partial charge in [0.25, 0.3) is 0 Å². The average Bonchev–Trinajstić information content (AvgIpc) is 2.76. The number of hydrogen-bond acceptors (Lipinski definition) is 8. The number of urea groups is 1. The first-order chi connectivity index (χ1) is 15.8. The third-order valence-corrected chi connectivity index (χ3v) is 6.48. The Morgan fingerprint density at radius 1 is 1.12 bits per heavy atom. The summed E-state index contributed by atoms with van der Waals surface area (Å²) in [6.07, 6.45) is 1.09. The summed E-state index contributed by atoms with van der Waals surface area (Å²) in [5.74, 6) is 12.1. The number of carbonyl (C=O) groups excluding carboxylic acids is 1. The van der Waals surface area contributed by atoms with E-state index in [1.807, 2.05) is 26.0 Å². The van der Waals surface area contributed by atoms with Gasteiger partial charge < -0.3 is 10.5 Å². The molecule has 0 aliphatic carbocycles.